The van der Waals surface area contributed by atoms with Crippen LogP contribution in [0, 0.1) is 12.3 Å². The third-order valence-corrected chi connectivity index (χ3v) is 1.52. The normalized spacial score (nSPS) is 11.4. The van der Waals surface area contributed by atoms with Crippen molar-refractivity contribution in [2.24, 2.45) is 0 Å². The lowest BCUT2D eigenvalue weighted by molar-refractivity contribution is -0.120. The molecule has 0 bridgehead atoms. The molecule has 1 atom stereocenters. The lowest BCUT2D eigenvalue weighted by Gasteiger charge is -2.10. The molecule has 2 N–H and O–H groups in total. The smallest absolute Gasteiger partial charge is 0.234 e. The van der Waals surface area contributed by atoms with Crippen molar-refractivity contribution < 1.29 is 4.79 Å². The summed E-state index contributed by atoms with van der Waals surface area (Å²) >= 11 is 0. The maximum atomic E-state index is 11.1. The first-order chi connectivity index (χ1) is 6.24. The summed E-state index contributed by atoms with van der Waals surface area (Å²) in [7, 11) is 0. The number of hydrogen-bond donors (Lipinski definition) is 2. The number of nitrogens with one attached hydrogen (secondary N) is 2. The summed E-state index contributed by atoms with van der Waals surface area (Å²) in [4.78, 5) is 11.1. The van der Waals surface area contributed by atoms with Crippen LogP contribution in [0.4, 0.5) is 0 Å². The van der Waals surface area contributed by atoms with E-state index >= 15 is 0 Å². The Labute approximate surface area is 79.6 Å². The molecular formula is C10H16N2O. The summed E-state index contributed by atoms with van der Waals surface area (Å²) < 4.78 is 0. The van der Waals surface area contributed by atoms with E-state index in [1.165, 1.54) is 0 Å². The fourth-order valence-electron chi connectivity index (χ4n) is 0.795. The molecule has 0 saturated heterocycles. The largest absolute Gasteiger partial charge is 0.341 e. The van der Waals surface area contributed by atoms with E-state index < -0.39 is 0 Å². The topological polar surface area (TPSA) is 41.1 Å². The van der Waals surface area contributed by atoms with E-state index in [0.29, 0.717) is 6.54 Å². The molecule has 0 aromatic rings. The molecule has 13 heavy (non-hydrogen) atoms. The second kappa shape index (κ2) is 7.38. The van der Waals surface area contributed by atoms with Crippen LogP contribution >= 0.6 is 0 Å². The molecule has 0 aromatic carbocycles. The summed E-state index contributed by atoms with van der Waals surface area (Å²) in [5.41, 5.74) is 0. The van der Waals surface area contributed by atoms with E-state index in [0.717, 1.165) is 6.42 Å². The Morgan fingerprint density at radius 3 is 2.92 bits per heavy atom. The maximum absolute atomic E-state index is 11.1. The minimum Gasteiger partial charge on any atom is -0.341 e. The highest BCUT2D eigenvalue weighted by Crippen LogP contribution is 1.86. The fourth-order valence-corrected chi connectivity index (χ4v) is 0.795. The van der Waals surface area contributed by atoms with Gasteiger partial charge in [0.15, 0.2) is 0 Å². The molecule has 0 rings (SSSR count). The van der Waals surface area contributed by atoms with E-state index in [1.807, 2.05) is 6.92 Å². The zero-order valence-corrected chi connectivity index (χ0v) is 7.97. The third-order valence-electron chi connectivity index (χ3n) is 1.52. The number of carbonyl (C=O) groups excluding carboxylic acids is 1. The van der Waals surface area contributed by atoms with Gasteiger partial charge in [0.05, 0.1) is 12.6 Å². The Morgan fingerprint density at radius 2 is 2.46 bits per heavy atom. The van der Waals surface area contributed by atoms with E-state index in [-0.39, 0.29) is 18.5 Å². The van der Waals surface area contributed by atoms with Gasteiger partial charge >= 0.3 is 0 Å². The Bertz CT molecular complexity index is 205. The SMILES string of the molecule is C#CC(CC)NC(=O)CNCC=C. The summed E-state index contributed by atoms with van der Waals surface area (Å²) in [6, 6.07) is -0.155. The predicted octanol–water partition coefficient (Wildman–Crippen LogP) is 0.290. The zero-order chi connectivity index (χ0) is 10.1. The van der Waals surface area contributed by atoms with Gasteiger partial charge in [-0.15, -0.1) is 13.0 Å². The predicted molar refractivity (Wildman–Crippen MR) is 54.1 cm³/mol. The summed E-state index contributed by atoms with van der Waals surface area (Å²) in [5, 5.41) is 5.59. The summed E-state index contributed by atoms with van der Waals surface area (Å²) in [5.74, 6) is 2.42. The lowest BCUT2D eigenvalue weighted by atomic mass is 10.2. The van der Waals surface area contributed by atoms with Gasteiger partial charge in [0.2, 0.25) is 5.91 Å². The van der Waals surface area contributed by atoms with Crippen LogP contribution in [0.5, 0.6) is 0 Å². The van der Waals surface area contributed by atoms with Crippen LogP contribution in [-0.4, -0.2) is 25.0 Å². The first-order valence-electron chi connectivity index (χ1n) is 4.31. The minimum atomic E-state index is -0.155. The Kier molecular flexibility index (Phi) is 6.66. The van der Waals surface area contributed by atoms with Crippen molar-refractivity contribution >= 4 is 5.91 Å². The second-order valence-electron chi connectivity index (χ2n) is 2.61. The monoisotopic (exact) mass is 180 g/mol. The zero-order valence-electron chi connectivity index (χ0n) is 7.97. The van der Waals surface area contributed by atoms with Gasteiger partial charge in [0, 0.05) is 6.54 Å². The molecule has 0 radical (unpaired) electrons. The fraction of sp³-hybridized carbons (Fsp3) is 0.500. The minimum absolute atomic E-state index is 0.0772. The van der Waals surface area contributed by atoms with Gasteiger partial charge in [-0.2, -0.15) is 0 Å². The molecule has 0 aromatic heterocycles. The number of terminal acetylenes is 1. The molecular weight excluding hydrogens is 164 g/mol. The highest BCUT2D eigenvalue weighted by Gasteiger charge is 2.05. The van der Waals surface area contributed by atoms with Crippen LogP contribution in [0.2, 0.25) is 0 Å². The van der Waals surface area contributed by atoms with Crippen molar-refractivity contribution in [1.29, 1.82) is 0 Å². The van der Waals surface area contributed by atoms with Gasteiger partial charge in [-0.3, -0.25) is 4.79 Å². The molecule has 3 nitrogen and oxygen atoms in total. The van der Waals surface area contributed by atoms with E-state index in [1.54, 1.807) is 6.08 Å². The lowest BCUT2D eigenvalue weighted by Crippen LogP contribution is -2.39. The summed E-state index contributed by atoms with van der Waals surface area (Å²) in [6.07, 6.45) is 7.64. The quantitative estimate of drug-likeness (QED) is 0.350. The standard InChI is InChI=1S/C10H16N2O/c1-4-7-11-8-10(13)12-9(5-2)6-3/h2,4,9,11H,1,6-8H2,3H3,(H,12,13). The molecule has 0 aliphatic rings. The summed E-state index contributed by atoms with van der Waals surface area (Å²) in [6.45, 7) is 6.36. The Morgan fingerprint density at radius 1 is 1.77 bits per heavy atom. The molecule has 0 heterocycles. The molecule has 3 heteroatoms. The second-order valence-corrected chi connectivity index (χ2v) is 2.61. The Hall–Kier alpha value is -1.27. The molecule has 0 aliphatic heterocycles. The molecule has 1 amide bonds. The van der Waals surface area contributed by atoms with Gasteiger partial charge in [0.25, 0.3) is 0 Å². The van der Waals surface area contributed by atoms with E-state index in [2.05, 4.69) is 23.1 Å². The number of carbonyl (C=O) groups is 1. The van der Waals surface area contributed by atoms with Crippen molar-refractivity contribution in [1.82, 2.24) is 10.6 Å². The molecule has 72 valence electrons. The van der Waals surface area contributed by atoms with Crippen molar-refractivity contribution in [2.45, 2.75) is 19.4 Å². The van der Waals surface area contributed by atoms with Crippen LogP contribution in [0.15, 0.2) is 12.7 Å². The van der Waals surface area contributed by atoms with Gasteiger partial charge < -0.3 is 10.6 Å². The maximum Gasteiger partial charge on any atom is 0.234 e. The van der Waals surface area contributed by atoms with Crippen molar-refractivity contribution in [3.8, 4) is 12.3 Å². The number of hydrogen-bond acceptors (Lipinski definition) is 2. The number of amides is 1. The average Bonchev–Trinajstić information content (AvgIpc) is 2.14. The van der Waals surface area contributed by atoms with Crippen molar-refractivity contribution in [3.05, 3.63) is 12.7 Å². The highest BCUT2D eigenvalue weighted by atomic mass is 16.1. The third kappa shape index (κ3) is 5.94. The van der Waals surface area contributed by atoms with Crippen LogP contribution in [0.25, 0.3) is 0 Å². The average molecular weight is 180 g/mol. The molecule has 0 aliphatic carbocycles. The Balaban J connectivity index is 3.61. The van der Waals surface area contributed by atoms with Gasteiger partial charge in [-0.1, -0.05) is 18.9 Å². The molecule has 0 saturated carbocycles. The molecule has 0 spiro atoms. The molecule has 0 fully saturated rings. The highest BCUT2D eigenvalue weighted by molar-refractivity contribution is 5.78. The van der Waals surface area contributed by atoms with E-state index in [9.17, 15) is 4.79 Å². The van der Waals surface area contributed by atoms with Crippen LogP contribution in [0.1, 0.15) is 13.3 Å². The van der Waals surface area contributed by atoms with Crippen molar-refractivity contribution in [2.75, 3.05) is 13.1 Å². The first kappa shape index (κ1) is 11.7. The van der Waals surface area contributed by atoms with Crippen LogP contribution in [0.3, 0.4) is 0 Å². The number of rotatable bonds is 6. The van der Waals surface area contributed by atoms with E-state index in [4.69, 9.17) is 6.42 Å². The van der Waals surface area contributed by atoms with Crippen LogP contribution < -0.4 is 10.6 Å². The van der Waals surface area contributed by atoms with Crippen LogP contribution in [-0.2, 0) is 4.79 Å². The first-order valence-corrected chi connectivity index (χ1v) is 4.31. The van der Waals surface area contributed by atoms with Crippen molar-refractivity contribution in [3.63, 3.8) is 0 Å². The van der Waals surface area contributed by atoms with Gasteiger partial charge in [-0.05, 0) is 6.42 Å². The van der Waals surface area contributed by atoms with Gasteiger partial charge in [-0.25, -0.2) is 0 Å². The molecule has 1 unspecified atom stereocenters. The van der Waals surface area contributed by atoms with Gasteiger partial charge in [0.1, 0.15) is 0 Å².